The molecule has 5 heteroatoms. The second-order valence-electron chi connectivity index (χ2n) is 4.72. The molecule has 0 radical (unpaired) electrons. The molecule has 0 saturated carbocycles. The van der Waals surface area contributed by atoms with Crippen molar-refractivity contribution >= 4 is 17.5 Å². The molecule has 0 atom stereocenters. The standard InChI is InChI=1S/C16H18ClN3O/c1-13(17)11-16(21)19-12-15-18-8-10-20(15)9-7-14-5-3-2-4-6-14/h2-6,8,10-11H,7,9,12H2,1H3,(H,19,21)/b13-11-. The van der Waals surface area contributed by atoms with Gasteiger partial charge in [0.05, 0.1) is 6.54 Å². The van der Waals surface area contributed by atoms with Crippen molar-refractivity contribution in [3.63, 3.8) is 0 Å². The third kappa shape index (κ3) is 5.08. The van der Waals surface area contributed by atoms with Gasteiger partial charge in [-0.15, -0.1) is 0 Å². The predicted molar refractivity (Wildman–Crippen MR) is 83.8 cm³/mol. The van der Waals surface area contributed by atoms with Gasteiger partial charge in [-0.2, -0.15) is 0 Å². The molecule has 2 aromatic rings. The molecule has 1 N–H and O–H groups in total. The van der Waals surface area contributed by atoms with Crippen molar-refractivity contribution in [2.75, 3.05) is 0 Å². The van der Waals surface area contributed by atoms with Gasteiger partial charge in [-0.25, -0.2) is 4.98 Å². The number of nitrogens with zero attached hydrogens (tertiary/aromatic N) is 2. The molecular weight excluding hydrogens is 286 g/mol. The van der Waals surface area contributed by atoms with E-state index >= 15 is 0 Å². The number of rotatable bonds is 6. The lowest BCUT2D eigenvalue weighted by Crippen LogP contribution is -2.23. The van der Waals surface area contributed by atoms with Crippen LogP contribution in [-0.2, 0) is 24.3 Å². The average Bonchev–Trinajstić information content (AvgIpc) is 2.91. The topological polar surface area (TPSA) is 46.9 Å². The zero-order valence-electron chi connectivity index (χ0n) is 11.9. The summed E-state index contributed by atoms with van der Waals surface area (Å²) in [7, 11) is 0. The fraction of sp³-hybridized carbons (Fsp3) is 0.250. The van der Waals surface area contributed by atoms with Gasteiger partial charge < -0.3 is 9.88 Å². The molecule has 1 amide bonds. The maximum absolute atomic E-state index is 11.5. The van der Waals surface area contributed by atoms with Crippen LogP contribution < -0.4 is 5.32 Å². The number of carbonyl (C=O) groups is 1. The van der Waals surface area contributed by atoms with Crippen LogP contribution in [0.25, 0.3) is 0 Å². The number of aryl methyl sites for hydroxylation is 2. The van der Waals surface area contributed by atoms with Crippen LogP contribution in [-0.4, -0.2) is 15.5 Å². The first kappa shape index (κ1) is 15.3. The van der Waals surface area contributed by atoms with E-state index in [4.69, 9.17) is 11.6 Å². The van der Waals surface area contributed by atoms with Crippen molar-refractivity contribution < 1.29 is 4.79 Å². The van der Waals surface area contributed by atoms with Gasteiger partial charge in [0, 0.05) is 30.0 Å². The van der Waals surface area contributed by atoms with E-state index in [1.807, 2.05) is 29.0 Å². The van der Waals surface area contributed by atoms with Crippen molar-refractivity contribution in [3.05, 3.63) is 65.2 Å². The number of hydrogen-bond donors (Lipinski definition) is 1. The Morgan fingerprint density at radius 1 is 1.38 bits per heavy atom. The molecule has 1 heterocycles. The molecule has 0 spiro atoms. The van der Waals surface area contributed by atoms with Crippen molar-refractivity contribution in [3.8, 4) is 0 Å². The van der Waals surface area contributed by atoms with E-state index in [0.717, 1.165) is 18.8 Å². The summed E-state index contributed by atoms with van der Waals surface area (Å²) in [6.45, 7) is 2.89. The highest BCUT2D eigenvalue weighted by Gasteiger charge is 2.04. The van der Waals surface area contributed by atoms with Crippen molar-refractivity contribution in [2.45, 2.75) is 26.4 Å². The van der Waals surface area contributed by atoms with E-state index in [1.54, 1.807) is 13.1 Å². The Bertz CT molecular complexity index is 615. The Morgan fingerprint density at radius 2 is 2.14 bits per heavy atom. The molecule has 110 valence electrons. The Balaban J connectivity index is 1.90. The van der Waals surface area contributed by atoms with E-state index in [2.05, 4.69) is 22.4 Å². The van der Waals surface area contributed by atoms with Crippen LogP contribution in [0.15, 0.2) is 53.8 Å². The van der Waals surface area contributed by atoms with Crippen molar-refractivity contribution in [1.82, 2.24) is 14.9 Å². The van der Waals surface area contributed by atoms with Crippen LogP contribution in [0.5, 0.6) is 0 Å². The fourth-order valence-electron chi connectivity index (χ4n) is 2.00. The number of benzene rings is 1. The third-order valence-electron chi connectivity index (χ3n) is 3.04. The van der Waals surface area contributed by atoms with Gasteiger partial charge in [-0.1, -0.05) is 41.9 Å². The van der Waals surface area contributed by atoms with E-state index in [9.17, 15) is 4.79 Å². The van der Waals surface area contributed by atoms with Crippen LogP contribution in [0.2, 0.25) is 0 Å². The highest BCUT2D eigenvalue weighted by Crippen LogP contribution is 2.04. The van der Waals surface area contributed by atoms with E-state index in [0.29, 0.717) is 11.6 Å². The summed E-state index contributed by atoms with van der Waals surface area (Å²) < 4.78 is 2.05. The van der Waals surface area contributed by atoms with Crippen LogP contribution in [0.3, 0.4) is 0 Å². The van der Waals surface area contributed by atoms with Gasteiger partial charge in [-0.05, 0) is 18.9 Å². The molecule has 0 unspecified atom stereocenters. The monoisotopic (exact) mass is 303 g/mol. The van der Waals surface area contributed by atoms with Crippen molar-refractivity contribution in [2.24, 2.45) is 0 Å². The maximum atomic E-state index is 11.5. The Hall–Kier alpha value is -2.07. The molecule has 0 fully saturated rings. The van der Waals surface area contributed by atoms with Gasteiger partial charge in [0.1, 0.15) is 5.82 Å². The SMILES string of the molecule is C/C(Cl)=C/C(=O)NCc1nccn1CCc1ccccc1. The Labute approximate surface area is 129 Å². The molecule has 1 aromatic heterocycles. The number of imidazole rings is 1. The number of nitrogens with one attached hydrogen (secondary N) is 1. The molecule has 0 aliphatic rings. The number of hydrogen-bond acceptors (Lipinski definition) is 2. The number of allylic oxidation sites excluding steroid dienone is 1. The molecule has 0 saturated heterocycles. The molecule has 21 heavy (non-hydrogen) atoms. The lowest BCUT2D eigenvalue weighted by atomic mass is 10.1. The first-order chi connectivity index (χ1) is 10.1. The van der Waals surface area contributed by atoms with Gasteiger partial charge in [0.2, 0.25) is 5.91 Å². The zero-order chi connectivity index (χ0) is 15.1. The summed E-state index contributed by atoms with van der Waals surface area (Å²) in [6, 6.07) is 10.3. The van der Waals surface area contributed by atoms with Gasteiger partial charge in [-0.3, -0.25) is 4.79 Å². The molecule has 2 rings (SSSR count). The molecule has 1 aromatic carbocycles. The summed E-state index contributed by atoms with van der Waals surface area (Å²) in [5.41, 5.74) is 1.28. The summed E-state index contributed by atoms with van der Waals surface area (Å²) in [4.78, 5) is 15.8. The molecule has 0 aliphatic heterocycles. The second kappa shape index (κ2) is 7.64. The summed E-state index contributed by atoms with van der Waals surface area (Å²) in [5.74, 6) is 0.625. The minimum absolute atomic E-state index is 0.208. The van der Waals surface area contributed by atoms with Gasteiger partial charge in [0.15, 0.2) is 0 Å². The zero-order valence-corrected chi connectivity index (χ0v) is 12.7. The minimum Gasteiger partial charge on any atom is -0.345 e. The maximum Gasteiger partial charge on any atom is 0.245 e. The Morgan fingerprint density at radius 3 is 2.86 bits per heavy atom. The summed E-state index contributed by atoms with van der Waals surface area (Å²) >= 11 is 5.66. The quantitative estimate of drug-likeness (QED) is 0.834. The lowest BCUT2D eigenvalue weighted by Gasteiger charge is -2.08. The van der Waals surface area contributed by atoms with Gasteiger partial charge >= 0.3 is 0 Å². The second-order valence-corrected chi connectivity index (χ2v) is 5.32. The summed E-state index contributed by atoms with van der Waals surface area (Å²) in [5, 5.41) is 3.23. The van der Waals surface area contributed by atoms with Crippen LogP contribution >= 0.6 is 11.6 Å². The third-order valence-corrected chi connectivity index (χ3v) is 3.15. The number of carbonyl (C=O) groups excluding carboxylic acids is 1. The predicted octanol–water partition coefficient (Wildman–Crippen LogP) is 2.88. The van der Waals surface area contributed by atoms with E-state index in [-0.39, 0.29) is 5.91 Å². The summed E-state index contributed by atoms with van der Waals surface area (Å²) in [6.07, 6.45) is 5.96. The normalized spacial score (nSPS) is 11.4. The van der Waals surface area contributed by atoms with Crippen LogP contribution in [0, 0.1) is 0 Å². The molecule has 0 bridgehead atoms. The highest BCUT2D eigenvalue weighted by atomic mass is 35.5. The first-order valence-corrected chi connectivity index (χ1v) is 7.18. The number of halogens is 1. The van der Waals surface area contributed by atoms with Gasteiger partial charge in [0.25, 0.3) is 0 Å². The highest BCUT2D eigenvalue weighted by molar-refractivity contribution is 6.30. The van der Waals surface area contributed by atoms with E-state index in [1.165, 1.54) is 11.6 Å². The van der Waals surface area contributed by atoms with Crippen LogP contribution in [0.1, 0.15) is 18.3 Å². The van der Waals surface area contributed by atoms with E-state index < -0.39 is 0 Å². The minimum atomic E-state index is -0.208. The lowest BCUT2D eigenvalue weighted by molar-refractivity contribution is -0.116. The van der Waals surface area contributed by atoms with Crippen LogP contribution in [0.4, 0.5) is 0 Å². The fourth-order valence-corrected chi connectivity index (χ4v) is 2.10. The molecular formula is C16H18ClN3O. The average molecular weight is 304 g/mol. The smallest absolute Gasteiger partial charge is 0.245 e. The largest absolute Gasteiger partial charge is 0.345 e. The number of amides is 1. The Kier molecular flexibility index (Phi) is 5.58. The number of aromatic nitrogens is 2. The molecule has 4 nitrogen and oxygen atoms in total. The molecule has 0 aliphatic carbocycles. The van der Waals surface area contributed by atoms with Crippen molar-refractivity contribution in [1.29, 1.82) is 0 Å². The first-order valence-electron chi connectivity index (χ1n) is 6.80.